The zero-order valence-corrected chi connectivity index (χ0v) is 13.7. The Morgan fingerprint density at radius 3 is 3.08 bits per heavy atom. The molecule has 0 spiro atoms. The summed E-state index contributed by atoms with van der Waals surface area (Å²) in [4.78, 5) is 12.3. The van der Waals surface area contributed by atoms with Gasteiger partial charge in [0.25, 0.3) is 0 Å². The van der Waals surface area contributed by atoms with Crippen LogP contribution in [0.3, 0.4) is 0 Å². The fourth-order valence-electron chi connectivity index (χ4n) is 3.42. The van der Waals surface area contributed by atoms with Crippen LogP contribution in [-0.4, -0.2) is 19.0 Å². The fraction of sp³-hybridized carbons (Fsp3) is 0.250. The van der Waals surface area contributed by atoms with Gasteiger partial charge in [0.15, 0.2) is 0 Å². The molecule has 2 N–H and O–H groups in total. The number of furan rings is 1. The largest absolute Gasteiger partial charge is 0.464 e. The minimum Gasteiger partial charge on any atom is -0.464 e. The van der Waals surface area contributed by atoms with E-state index < -0.39 is 0 Å². The molecule has 4 nitrogen and oxygen atoms in total. The summed E-state index contributed by atoms with van der Waals surface area (Å²) < 4.78 is 18.5. The highest BCUT2D eigenvalue weighted by molar-refractivity contribution is 5.87. The van der Waals surface area contributed by atoms with Gasteiger partial charge in [0, 0.05) is 29.6 Å². The molecule has 5 heteroatoms. The number of amides is 1. The standard InChI is InChI=1S/C20H19FN2O2/c21-15-5-6-17-14(12-25-19(17)10-15)9-20(24)23-11-18-16-4-2-1-3-13(16)7-8-22-18/h1-6,10,12,18,22H,7-9,11H2,(H,23,24). The van der Waals surface area contributed by atoms with Gasteiger partial charge in [-0.15, -0.1) is 0 Å². The molecule has 0 bridgehead atoms. The summed E-state index contributed by atoms with van der Waals surface area (Å²) in [6, 6.07) is 12.8. The van der Waals surface area contributed by atoms with Crippen LogP contribution < -0.4 is 10.6 Å². The first-order chi connectivity index (χ1) is 12.2. The second-order valence-electron chi connectivity index (χ2n) is 6.34. The maximum absolute atomic E-state index is 13.2. The molecule has 1 aliphatic heterocycles. The number of carbonyl (C=O) groups is 1. The Labute approximate surface area is 145 Å². The molecule has 0 radical (unpaired) electrons. The van der Waals surface area contributed by atoms with Crippen LogP contribution in [0.1, 0.15) is 22.7 Å². The van der Waals surface area contributed by atoms with Crippen molar-refractivity contribution in [1.82, 2.24) is 10.6 Å². The van der Waals surface area contributed by atoms with Gasteiger partial charge in [-0.1, -0.05) is 24.3 Å². The molecule has 1 atom stereocenters. The van der Waals surface area contributed by atoms with E-state index in [-0.39, 0.29) is 24.2 Å². The average molecular weight is 338 g/mol. The molecule has 0 saturated heterocycles. The number of hydrogen-bond donors (Lipinski definition) is 2. The Morgan fingerprint density at radius 2 is 2.16 bits per heavy atom. The van der Waals surface area contributed by atoms with Crippen molar-refractivity contribution in [1.29, 1.82) is 0 Å². The molecule has 2 aromatic carbocycles. The Hall–Kier alpha value is -2.66. The van der Waals surface area contributed by atoms with Crippen molar-refractivity contribution in [2.75, 3.05) is 13.1 Å². The lowest BCUT2D eigenvalue weighted by atomic mass is 9.94. The van der Waals surface area contributed by atoms with E-state index >= 15 is 0 Å². The highest BCUT2D eigenvalue weighted by Gasteiger charge is 2.20. The molecule has 0 saturated carbocycles. The maximum Gasteiger partial charge on any atom is 0.224 e. The summed E-state index contributed by atoms with van der Waals surface area (Å²) in [5.74, 6) is -0.420. The molecule has 25 heavy (non-hydrogen) atoms. The van der Waals surface area contributed by atoms with Crippen molar-refractivity contribution in [2.45, 2.75) is 18.9 Å². The molecule has 0 aliphatic carbocycles. The third-order valence-electron chi connectivity index (χ3n) is 4.69. The summed E-state index contributed by atoms with van der Waals surface area (Å²) in [5.41, 5.74) is 3.82. The molecular weight excluding hydrogens is 319 g/mol. The van der Waals surface area contributed by atoms with E-state index in [4.69, 9.17) is 4.42 Å². The van der Waals surface area contributed by atoms with Gasteiger partial charge in [0.2, 0.25) is 5.91 Å². The van der Waals surface area contributed by atoms with E-state index in [1.54, 1.807) is 6.07 Å². The molecule has 128 valence electrons. The van der Waals surface area contributed by atoms with Gasteiger partial charge in [-0.2, -0.15) is 0 Å². The van der Waals surface area contributed by atoms with E-state index in [0.717, 1.165) is 23.9 Å². The van der Waals surface area contributed by atoms with Crippen LogP contribution in [0.2, 0.25) is 0 Å². The van der Waals surface area contributed by atoms with Crippen LogP contribution >= 0.6 is 0 Å². The topological polar surface area (TPSA) is 54.3 Å². The minimum atomic E-state index is -0.347. The minimum absolute atomic E-state index is 0.0723. The molecule has 3 aromatic rings. The van der Waals surface area contributed by atoms with Crippen LogP contribution in [0.5, 0.6) is 0 Å². The Kier molecular flexibility index (Phi) is 4.24. The third kappa shape index (κ3) is 3.28. The smallest absolute Gasteiger partial charge is 0.224 e. The highest BCUT2D eigenvalue weighted by Crippen LogP contribution is 2.23. The van der Waals surface area contributed by atoms with E-state index in [1.165, 1.54) is 29.5 Å². The third-order valence-corrected chi connectivity index (χ3v) is 4.69. The van der Waals surface area contributed by atoms with Crippen molar-refractivity contribution >= 4 is 16.9 Å². The highest BCUT2D eigenvalue weighted by atomic mass is 19.1. The predicted molar refractivity (Wildman–Crippen MR) is 93.8 cm³/mol. The Morgan fingerprint density at radius 1 is 1.28 bits per heavy atom. The second kappa shape index (κ2) is 6.69. The quantitative estimate of drug-likeness (QED) is 0.768. The van der Waals surface area contributed by atoms with E-state index in [2.05, 4.69) is 22.8 Å². The number of benzene rings is 2. The first kappa shape index (κ1) is 15.8. The number of nitrogens with one attached hydrogen (secondary N) is 2. The lowest BCUT2D eigenvalue weighted by Gasteiger charge is -2.27. The SMILES string of the molecule is O=C(Cc1coc2cc(F)ccc12)NCC1NCCc2ccccc21. The number of halogens is 1. The molecule has 4 rings (SSSR count). The van der Waals surface area contributed by atoms with Crippen LogP contribution in [0.4, 0.5) is 4.39 Å². The van der Waals surface area contributed by atoms with Crippen LogP contribution in [-0.2, 0) is 17.6 Å². The first-order valence-corrected chi connectivity index (χ1v) is 8.44. The summed E-state index contributed by atoms with van der Waals surface area (Å²) in [7, 11) is 0. The van der Waals surface area contributed by atoms with E-state index in [9.17, 15) is 9.18 Å². The first-order valence-electron chi connectivity index (χ1n) is 8.44. The summed E-state index contributed by atoms with van der Waals surface area (Å²) in [6.45, 7) is 1.45. The summed E-state index contributed by atoms with van der Waals surface area (Å²) in [6.07, 6.45) is 2.75. The molecule has 1 aromatic heterocycles. The molecule has 2 heterocycles. The number of hydrogen-bond acceptors (Lipinski definition) is 3. The predicted octanol–water partition coefficient (Wildman–Crippen LogP) is 3.12. The van der Waals surface area contributed by atoms with Gasteiger partial charge in [-0.3, -0.25) is 4.79 Å². The van der Waals surface area contributed by atoms with Gasteiger partial charge < -0.3 is 15.1 Å². The van der Waals surface area contributed by atoms with Crippen molar-refractivity contribution in [3.63, 3.8) is 0 Å². The second-order valence-corrected chi connectivity index (χ2v) is 6.34. The monoisotopic (exact) mass is 338 g/mol. The average Bonchev–Trinajstić information content (AvgIpc) is 3.01. The lowest BCUT2D eigenvalue weighted by molar-refractivity contribution is -0.120. The fourth-order valence-corrected chi connectivity index (χ4v) is 3.42. The maximum atomic E-state index is 13.2. The zero-order chi connectivity index (χ0) is 17.2. The van der Waals surface area contributed by atoms with E-state index in [0.29, 0.717) is 12.1 Å². The number of fused-ring (bicyclic) bond motifs is 2. The molecular formula is C20H19FN2O2. The van der Waals surface area contributed by atoms with E-state index in [1.807, 2.05) is 12.1 Å². The Bertz CT molecular complexity index is 919. The van der Waals surface area contributed by atoms with Crippen molar-refractivity contribution < 1.29 is 13.6 Å². The Balaban J connectivity index is 1.41. The van der Waals surface area contributed by atoms with Crippen LogP contribution in [0, 0.1) is 5.82 Å². The van der Waals surface area contributed by atoms with Gasteiger partial charge in [0.05, 0.1) is 12.7 Å². The van der Waals surface area contributed by atoms with Gasteiger partial charge in [0.1, 0.15) is 11.4 Å². The zero-order valence-electron chi connectivity index (χ0n) is 13.7. The molecule has 0 fully saturated rings. The lowest BCUT2D eigenvalue weighted by Crippen LogP contribution is -2.39. The van der Waals surface area contributed by atoms with Crippen molar-refractivity contribution in [3.8, 4) is 0 Å². The molecule has 1 amide bonds. The molecule has 1 unspecified atom stereocenters. The van der Waals surface area contributed by atoms with Crippen LogP contribution in [0.25, 0.3) is 11.0 Å². The number of carbonyl (C=O) groups excluding carboxylic acids is 1. The summed E-state index contributed by atoms with van der Waals surface area (Å²) in [5, 5.41) is 7.22. The van der Waals surface area contributed by atoms with Gasteiger partial charge in [-0.25, -0.2) is 4.39 Å². The van der Waals surface area contributed by atoms with Gasteiger partial charge in [-0.05, 0) is 36.2 Å². The van der Waals surface area contributed by atoms with Crippen LogP contribution in [0.15, 0.2) is 53.1 Å². The molecule has 1 aliphatic rings. The van der Waals surface area contributed by atoms with Gasteiger partial charge >= 0.3 is 0 Å². The normalized spacial score (nSPS) is 16.6. The number of rotatable bonds is 4. The van der Waals surface area contributed by atoms with Crippen molar-refractivity contribution in [3.05, 3.63) is 71.2 Å². The summed E-state index contributed by atoms with van der Waals surface area (Å²) >= 11 is 0. The van der Waals surface area contributed by atoms with Crippen molar-refractivity contribution in [2.24, 2.45) is 0 Å².